The zero-order valence-corrected chi connectivity index (χ0v) is 13.9. The average Bonchev–Trinajstić information content (AvgIpc) is 2.45. The zero-order valence-electron chi connectivity index (χ0n) is 13.9. The van der Waals surface area contributed by atoms with Gasteiger partial charge in [-0.05, 0) is 45.7 Å². The molecule has 3 saturated heterocycles. The lowest BCUT2D eigenvalue weighted by atomic mass is 9.81. The molecule has 21 heavy (non-hydrogen) atoms. The van der Waals surface area contributed by atoms with Crippen molar-refractivity contribution in [3.05, 3.63) is 0 Å². The zero-order chi connectivity index (χ0) is 14.7. The molecule has 2 bridgehead atoms. The van der Waals surface area contributed by atoms with Crippen LogP contribution >= 0.6 is 0 Å². The maximum absolute atomic E-state index is 6.01. The predicted molar refractivity (Wildman–Crippen MR) is 86.7 cm³/mol. The number of piperidine rings is 2. The number of fused-ring (bicyclic) bond motifs is 2. The molecule has 4 heteroatoms. The molecule has 3 fully saturated rings. The van der Waals surface area contributed by atoms with Gasteiger partial charge in [-0.25, -0.2) is 0 Å². The van der Waals surface area contributed by atoms with Crippen LogP contribution in [0.5, 0.6) is 0 Å². The predicted octanol–water partition coefficient (Wildman–Crippen LogP) is 1.70. The van der Waals surface area contributed by atoms with Crippen LogP contribution in [0.1, 0.15) is 45.4 Å². The van der Waals surface area contributed by atoms with Gasteiger partial charge in [0.15, 0.2) is 0 Å². The number of nitrogens with one attached hydrogen (secondary N) is 1. The summed E-state index contributed by atoms with van der Waals surface area (Å²) in [7, 11) is 2.22. The van der Waals surface area contributed by atoms with Gasteiger partial charge >= 0.3 is 0 Å². The van der Waals surface area contributed by atoms with Crippen molar-refractivity contribution in [2.24, 2.45) is 0 Å². The number of morpholine rings is 1. The second-order valence-electron chi connectivity index (χ2n) is 7.31. The fourth-order valence-electron chi connectivity index (χ4n) is 4.50. The van der Waals surface area contributed by atoms with Crippen LogP contribution < -0.4 is 5.32 Å². The minimum absolute atomic E-state index is 0.423. The molecule has 4 nitrogen and oxygen atoms in total. The summed E-state index contributed by atoms with van der Waals surface area (Å²) in [5, 5.41) is 3.76. The Balaban J connectivity index is 1.56. The standard InChI is InChI=1S/C17H33N3O/c1-3-7-18-14-10-15-5-4-6-16(11-14)20(15)13-17-12-19(2)8-9-21-17/h14-18H,3-13H2,1-2H3. The van der Waals surface area contributed by atoms with Gasteiger partial charge in [-0.3, -0.25) is 4.90 Å². The summed E-state index contributed by atoms with van der Waals surface area (Å²) in [6.07, 6.45) is 8.58. The van der Waals surface area contributed by atoms with Crippen LogP contribution in [0.25, 0.3) is 0 Å². The van der Waals surface area contributed by atoms with E-state index < -0.39 is 0 Å². The molecule has 3 unspecified atom stereocenters. The van der Waals surface area contributed by atoms with Crippen LogP contribution in [0, 0.1) is 0 Å². The summed E-state index contributed by atoms with van der Waals surface area (Å²) in [5.41, 5.74) is 0. The highest BCUT2D eigenvalue weighted by Crippen LogP contribution is 2.34. The molecule has 0 amide bonds. The van der Waals surface area contributed by atoms with Gasteiger partial charge in [0.2, 0.25) is 0 Å². The SMILES string of the molecule is CCCNC1CC2CCCC(C1)N2CC1CN(C)CCO1. The van der Waals surface area contributed by atoms with Crippen LogP contribution in [0.2, 0.25) is 0 Å². The molecule has 0 saturated carbocycles. The van der Waals surface area contributed by atoms with E-state index in [-0.39, 0.29) is 0 Å². The lowest BCUT2D eigenvalue weighted by Crippen LogP contribution is -2.59. The van der Waals surface area contributed by atoms with Gasteiger partial charge < -0.3 is 15.0 Å². The Morgan fingerprint density at radius 3 is 2.62 bits per heavy atom. The monoisotopic (exact) mass is 295 g/mol. The smallest absolute Gasteiger partial charge is 0.0829 e. The molecule has 0 aromatic heterocycles. The highest BCUT2D eigenvalue weighted by molar-refractivity contribution is 4.96. The third-order valence-electron chi connectivity index (χ3n) is 5.57. The van der Waals surface area contributed by atoms with Gasteiger partial charge in [0.1, 0.15) is 0 Å². The maximum atomic E-state index is 6.01. The summed E-state index contributed by atoms with van der Waals surface area (Å²) in [4.78, 5) is 5.22. The molecule has 0 aliphatic carbocycles. The number of hydrogen-bond acceptors (Lipinski definition) is 4. The average molecular weight is 295 g/mol. The van der Waals surface area contributed by atoms with Crippen LogP contribution in [-0.4, -0.2) is 73.9 Å². The van der Waals surface area contributed by atoms with Gasteiger partial charge in [0.25, 0.3) is 0 Å². The summed E-state index contributed by atoms with van der Waals surface area (Å²) in [6, 6.07) is 2.34. The largest absolute Gasteiger partial charge is 0.374 e. The van der Waals surface area contributed by atoms with Crippen molar-refractivity contribution in [3.63, 3.8) is 0 Å². The van der Waals surface area contributed by atoms with Crippen molar-refractivity contribution in [3.8, 4) is 0 Å². The Kier molecular flexibility index (Phi) is 5.54. The molecular weight excluding hydrogens is 262 g/mol. The van der Waals surface area contributed by atoms with Crippen molar-refractivity contribution >= 4 is 0 Å². The van der Waals surface area contributed by atoms with Crippen molar-refractivity contribution < 1.29 is 4.74 Å². The fourth-order valence-corrected chi connectivity index (χ4v) is 4.50. The molecule has 0 aromatic carbocycles. The van der Waals surface area contributed by atoms with Crippen molar-refractivity contribution in [1.82, 2.24) is 15.1 Å². The van der Waals surface area contributed by atoms with Gasteiger partial charge in [0.05, 0.1) is 12.7 Å². The van der Waals surface area contributed by atoms with E-state index >= 15 is 0 Å². The topological polar surface area (TPSA) is 27.7 Å². The molecular formula is C17H33N3O. The molecule has 3 aliphatic heterocycles. The number of ether oxygens (including phenoxy) is 1. The molecule has 122 valence electrons. The molecule has 0 aromatic rings. The van der Waals surface area contributed by atoms with Gasteiger partial charge in [-0.15, -0.1) is 0 Å². The summed E-state index contributed by atoms with van der Waals surface area (Å²) in [6.45, 7) is 7.70. The third-order valence-corrected chi connectivity index (χ3v) is 5.57. The summed E-state index contributed by atoms with van der Waals surface area (Å²) in [5.74, 6) is 0. The first-order valence-corrected chi connectivity index (χ1v) is 9.05. The molecule has 3 rings (SSSR count). The van der Waals surface area contributed by atoms with Crippen LogP contribution in [-0.2, 0) is 4.74 Å². The fraction of sp³-hybridized carbons (Fsp3) is 1.00. The first-order chi connectivity index (χ1) is 10.3. The van der Waals surface area contributed by atoms with Gasteiger partial charge in [0, 0.05) is 37.8 Å². The van der Waals surface area contributed by atoms with E-state index in [0.29, 0.717) is 6.10 Å². The second-order valence-corrected chi connectivity index (χ2v) is 7.31. The van der Waals surface area contributed by atoms with Gasteiger partial charge in [-0.2, -0.15) is 0 Å². The Labute approximate surface area is 130 Å². The van der Waals surface area contributed by atoms with Crippen LogP contribution in [0.3, 0.4) is 0 Å². The Morgan fingerprint density at radius 2 is 1.95 bits per heavy atom. The van der Waals surface area contributed by atoms with E-state index in [2.05, 4.69) is 29.1 Å². The normalized spacial score (nSPS) is 38.6. The Morgan fingerprint density at radius 1 is 1.19 bits per heavy atom. The number of rotatable bonds is 5. The number of nitrogens with zero attached hydrogens (tertiary/aromatic N) is 2. The first-order valence-electron chi connectivity index (χ1n) is 9.05. The lowest BCUT2D eigenvalue weighted by Gasteiger charge is -2.50. The quantitative estimate of drug-likeness (QED) is 0.835. The third kappa shape index (κ3) is 3.98. The number of likely N-dealkylation sites (N-methyl/N-ethyl adjacent to an activating group) is 1. The molecule has 3 heterocycles. The molecule has 0 spiro atoms. The lowest BCUT2D eigenvalue weighted by molar-refractivity contribution is -0.0681. The van der Waals surface area contributed by atoms with E-state index in [9.17, 15) is 0 Å². The van der Waals surface area contributed by atoms with Crippen LogP contribution in [0.15, 0.2) is 0 Å². The maximum Gasteiger partial charge on any atom is 0.0829 e. The minimum Gasteiger partial charge on any atom is -0.374 e. The molecule has 3 aliphatic rings. The van der Waals surface area contributed by atoms with E-state index in [1.54, 1.807) is 0 Å². The van der Waals surface area contributed by atoms with Crippen LogP contribution in [0.4, 0.5) is 0 Å². The first kappa shape index (κ1) is 15.7. The minimum atomic E-state index is 0.423. The Bertz CT molecular complexity index is 311. The highest BCUT2D eigenvalue weighted by atomic mass is 16.5. The highest BCUT2D eigenvalue weighted by Gasteiger charge is 2.39. The second kappa shape index (κ2) is 7.40. The van der Waals surface area contributed by atoms with E-state index in [1.165, 1.54) is 45.1 Å². The molecule has 1 N–H and O–H groups in total. The van der Waals surface area contributed by atoms with E-state index in [4.69, 9.17) is 4.74 Å². The van der Waals surface area contributed by atoms with Gasteiger partial charge in [-0.1, -0.05) is 13.3 Å². The van der Waals surface area contributed by atoms with E-state index in [0.717, 1.165) is 44.4 Å². The van der Waals surface area contributed by atoms with Crippen molar-refractivity contribution in [1.29, 1.82) is 0 Å². The van der Waals surface area contributed by atoms with E-state index in [1.807, 2.05) is 0 Å². The number of hydrogen-bond donors (Lipinski definition) is 1. The summed E-state index contributed by atoms with van der Waals surface area (Å²) >= 11 is 0. The van der Waals surface area contributed by atoms with Crippen molar-refractivity contribution in [2.75, 3.05) is 39.8 Å². The summed E-state index contributed by atoms with van der Waals surface area (Å²) < 4.78 is 6.01. The molecule has 3 atom stereocenters. The van der Waals surface area contributed by atoms with Crippen molar-refractivity contribution in [2.45, 2.75) is 69.7 Å². The Hall–Kier alpha value is -0.160. The molecule has 0 radical (unpaired) electrons.